The number of carbonyl (C=O) groups excluding carboxylic acids is 1. The molecule has 0 atom stereocenters. The predicted molar refractivity (Wildman–Crippen MR) is 66.8 cm³/mol. The lowest BCUT2D eigenvalue weighted by Crippen LogP contribution is -2.42. The van der Waals surface area contributed by atoms with Gasteiger partial charge in [-0.3, -0.25) is 9.78 Å². The second-order valence-corrected chi connectivity index (χ2v) is 4.92. The van der Waals surface area contributed by atoms with Crippen molar-refractivity contribution in [3.63, 3.8) is 0 Å². The number of likely N-dealkylation sites (N-methyl/N-ethyl adjacent to an activating group) is 1. The molecule has 1 aliphatic rings. The minimum atomic E-state index is -0.752. The van der Waals surface area contributed by atoms with Gasteiger partial charge in [-0.25, -0.2) is 4.98 Å². The van der Waals surface area contributed by atoms with Gasteiger partial charge in [-0.05, 0) is 12.8 Å². The summed E-state index contributed by atoms with van der Waals surface area (Å²) in [6.45, 7) is 0.322. The van der Waals surface area contributed by atoms with Gasteiger partial charge in [0.2, 0.25) is 0 Å². The summed E-state index contributed by atoms with van der Waals surface area (Å²) in [6.07, 6.45) is 6.28. The largest absolute Gasteiger partial charge is 0.388 e. The lowest BCUT2D eigenvalue weighted by molar-refractivity contribution is 0.0154. The molecule has 0 bridgehead atoms. The van der Waals surface area contributed by atoms with Gasteiger partial charge in [0.15, 0.2) is 0 Å². The maximum atomic E-state index is 12.1. The molecule has 2 rings (SSSR count). The van der Waals surface area contributed by atoms with Crippen molar-refractivity contribution in [2.75, 3.05) is 19.3 Å². The van der Waals surface area contributed by atoms with Gasteiger partial charge >= 0.3 is 0 Å². The third kappa shape index (κ3) is 2.76. The lowest BCUT2D eigenvalue weighted by atomic mass is 10.0. The van der Waals surface area contributed by atoms with Crippen LogP contribution in [0.3, 0.4) is 0 Å². The summed E-state index contributed by atoms with van der Waals surface area (Å²) in [6, 6.07) is 0. The fourth-order valence-corrected chi connectivity index (χ4v) is 2.38. The van der Waals surface area contributed by atoms with Crippen molar-refractivity contribution in [2.24, 2.45) is 0 Å². The fraction of sp³-hybridized carbons (Fsp3) is 0.583. The molecule has 0 unspecified atom stereocenters. The molecule has 98 valence electrons. The molecule has 0 spiro atoms. The molecule has 0 saturated heterocycles. The van der Waals surface area contributed by atoms with Crippen LogP contribution < -0.4 is 5.73 Å². The van der Waals surface area contributed by atoms with Crippen LogP contribution in [0.4, 0.5) is 5.82 Å². The highest BCUT2D eigenvalue weighted by atomic mass is 16.3. The number of aliphatic hydroxyl groups is 1. The Morgan fingerprint density at radius 1 is 1.50 bits per heavy atom. The van der Waals surface area contributed by atoms with Crippen LogP contribution in [0.15, 0.2) is 12.4 Å². The second kappa shape index (κ2) is 4.89. The number of carbonyl (C=O) groups is 1. The Morgan fingerprint density at radius 2 is 2.17 bits per heavy atom. The monoisotopic (exact) mass is 250 g/mol. The number of nitrogen functional groups attached to an aromatic ring is 1. The van der Waals surface area contributed by atoms with Gasteiger partial charge in [0, 0.05) is 13.6 Å². The molecule has 1 amide bonds. The number of aromatic nitrogens is 2. The number of hydrogen-bond donors (Lipinski definition) is 2. The molecule has 1 aliphatic carbocycles. The average molecular weight is 250 g/mol. The third-order valence-corrected chi connectivity index (χ3v) is 3.28. The Balaban J connectivity index is 2.04. The van der Waals surface area contributed by atoms with Gasteiger partial charge in [-0.15, -0.1) is 0 Å². The van der Waals surface area contributed by atoms with E-state index in [1.807, 2.05) is 0 Å². The molecule has 1 aromatic rings. The van der Waals surface area contributed by atoms with E-state index in [1.54, 1.807) is 7.05 Å². The minimum absolute atomic E-state index is 0.207. The number of nitrogens with two attached hydrogens (primary N) is 1. The van der Waals surface area contributed by atoms with Gasteiger partial charge in [-0.2, -0.15) is 0 Å². The summed E-state index contributed by atoms with van der Waals surface area (Å²) in [4.78, 5) is 21.3. The first-order valence-corrected chi connectivity index (χ1v) is 6.06. The summed E-state index contributed by atoms with van der Waals surface area (Å²) >= 11 is 0. The van der Waals surface area contributed by atoms with E-state index in [9.17, 15) is 9.90 Å². The Labute approximate surface area is 106 Å². The predicted octanol–water partition coefficient (Wildman–Crippen LogP) is 0.436. The highest BCUT2D eigenvalue weighted by Crippen LogP contribution is 2.30. The van der Waals surface area contributed by atoms with E-state index in [4.69, 9.17) is 5.73 Å². The molecule has 1 heterocycles. The zero-order chi connectivity index (χ0) is 13.2. The van der Waals surface area contributed by atoms with Crippen LogP contribution in [0.1, 0.15) is 36.2 Å². The summed E-state index contributed by atoms with van der Waals surface area (Å²) in [5.41, 5.74) is 4.95. The Morgan fingerprint density at radius 3 is 2.78 bits per heavy atom. The molecule has 6 nitrogen and oxygen atoms in total. The smallest absolute Gasteiger partial charge is 0.273 e. The standard InChI is InChI=1S/C12H18N4O2/c1-16(8-12(18)4-2-3-5-12)11(17)9-6-14-7-10(13)15-9/h6-7,18H,2-5,8H2,1H3,(H2,13,15). The van der Waals surface area contributed by atoms with Crippen LogP contribution >= 0.6 is 0 Å². The van der Waals surface area contributed by atoms with Crippen molar-refractivity contribution in [1.29, 1.82) is 0 Å². The van der Waals surface area contributed by atoms with Crippen LogP contribution in [0.2, 0.25) is 0 Å². The highest BCUT2D eigenvalue weighted by molar-refractivity contribution is 5.92. The zero-order valence-corrected chi connectivity index (χ0v) is 10.5. The van der Waals surface area contributed by atoms with Crippen LogP contribution in [-0.2, 0) is 0 Å². The van der Waals surface area contributed by atoms with Gasteiger partial charge in [0.1, 0.15) is 11.5 Å². The lowest BCUT2D eigenvalue weighted by Gasteiger charge is -2.28. The maximum absolute atomic E-state index is 12.1. The summed E-state index contributed by atoms with van der Waals surface area (Å²) < 4.78 is 0. The summed E-state index contributed by atoms with van der Waals surface area (Å²) in [5.74, 6) is -0.0519. The molecule has 1 aromatic heterocycles. The Bertz CT molecular complexity index is 443. The first kappa shape index (κ1) is 12.8. The van der Waals surface area contributed by atoms with Crippen LogP contribution in [0.25, 0.3) is 0 Å². The summed E-state index contributed by atoms with van der Waals surface area (Å²) in [5, 5.41) is 10.3. The highest BCUT2D eigenvalue weighted by Gasteiger charge is 2.33. The van der Waals surface area contributed by atoms with E-state index in [-0.39, 0.29) is 17.4 Å². The van der Waals surface area contributed by atoms with Crippen molar-refractivity contribution in [2.45, 2.75) is 31.3 Å². The molecule has 0 radical (unpaired) electrons. The fourth-order valence-electron chi connectivity index (χ4n) is 2.38. The van der Waals surface area contributed by atoms with Crippen LogP contribution in [0, 0.1) is 0 Å². The Hall–Kier alpha value is -1.69. The van der Waals surface area contributed by atoms with Crippen molar-refractivity contribution in [3.05, 3.63) is 18.1 Å². The van der Waals surface area contributed by atoms with Gasteiger partial charge in [0.05, 0.1) is 18.0 Å². The molecule has 6 heteroatoms. The third-order valence-electron chi connectivity index (χ3n) is 3.28. The van der Waals surface area contributed by atoms with Crippen molar-refractivity contribution >= 4 is 11.7 Å². The molecular weight excluding hydrogens is 232 g/mol. The Kier molecular flexibility index (Phi) is 3.47. The van der Waals surface area contributed by atoms with E-state index in [1.165, 1.54) is 17.3 Å². The number of anilines is 1. The topological polar surface area (TPSA) is 92.3 Å². The van der Waals surface area contributed by atoms with E-state index in [0.717, 1.165) is 25.7 Å². The molecule has 0 aromatic carbocycles. The molecule has 1 saturated carbocycles. The molecule has 1 fully saturated rings. The first-order chi connectivity index (χ1) is 8.50. The molecule has 18 heavy (non-hydrogen) atoms. The number of hydrogen-bond acceptors (Lipinski definition) is 5. The van der Waals surface area contributed by atoms with E-state index in [0.29, 0.717) is 6.54 Å². The average Bonchev–Trinajstić information content (AvgIpc) is 2.74. The van der Waals surface area contributed by atoms with Gasteiger partial charge in [-0.1, -0.05) is 12.8 Å². The number of rotatable bonds is 3. The molecular formula is C12H18N4O2. The zero-order valence-electron chi connectivity index (χ0n) is 10.5. The van der Waals surface area contributed by atoms with Crippen LogP contribution in [-0.4, -0.2) is 45.1 Å². The van der Waals surface area contributed by atoms with E-state index < -0.39 is 5.60 Å². The van der Waals surface area contributed by atoms with Crippen molar-refractivity contribution in [1.82, 2.24) is 14.9 Å². The van der Waals surface area contributed by atoms with E-state index in [2.05, 4.69) is 9.97 Å². The van der Waals surface area contributed by atoms with Crippen molar-refractivity contribution < 1.29 is 9.90 Å². The normalized spacial score (nSPS) is 17.7. The van der Waals surface area contributed by atoms with Gasteiger partial charge < -0.3 is 15.7 Å². The molecule has 0 aliphatic heterocycles. The van der Waals surface area contributed by atoms with Crippen LogP contribution in [0.5, 0.6) is 0 Å². The van der Waals surface area contributed by atoms with E-state index >= 15 is 0 Å². The number of amides is 1. The summed E-state index contributed by atoms with van der Waals surface area (Å²) in [7, 11) is 1.66. The second-order valence-electron chi connectivity index (χ2n) is 4.92. The SMILES string of the molecule is CN(CC1(O)CCCC1)C(=O)c1cncc(N)n1. The quantitative estimate of drug-likeness (QED) is 0.811. The van der Waals surface area contributed by atoms with Crippen molar-refractivity contribution in [3.8, 4) is 0 Å². The molecule has 3 N–H and O–H groups in total. The minimum Gasteiger partial charge on any atom is -0.388 e. The number of nitrogens with zero attached hydrogens (tertiary/aromatic N) is 3. The first-order valence-electron chi connectivity index (χ1n) is 6.06. The van der Waals surface area contributed by atoms with Gasteiger partial charge in [0.25, 0.3) is 5.91 Å². The maximum Gasteiger partial charge on any atom is 0.273 e.